The molecule has 13 heavy (non-hydrogen) atoms. The van der Waals surface area contributed by atoms with Gasteiger partial charge in [-0.05, 0) is 32.1 Å². The van der Waals surface area contributed by atoms with Gasteiger partial charge in [-0.3, -0.25) is 4.79 Å². The highest BCUT2D eigenvalue weighted by molar-refractivity contribution is 5.83. The molecule has 0 radical (unpaired) electrons. The van der Waals surface area contributed by atoms with Crippen LogP contribution in [0, 0.1) is 11.8 Å². The lowest BCUT2D eigenvalue weighted by Crippen LogP contribution is -2.11. The van der Waals surface area contributed by atoms with Crippen LogP contribution in [0.1, 0.15) is 46.0 Å². The molecular weight excluding hydrogens is 160 g/mol. The summed E-state index contributed by atoms with van der Waals surface area (Å²) in [6.45, 7) is 7.94. The highest BCUT2D eigenvalue weighted by Crippen LogP contribution is 2.34. The Bertz CT molecular complexity index is 205. The molecule has 0 N–H and O–H groups in total. The van der Waals surface area contributed by atoms with Crippen LogP contribution in [-0.2, 0) is 4.79 Å². The molecule has 0 heterocycles. The summed E-state index contributed by atoms with van der Waals surface area (Å²) in [6.07, 6.45) is 5.33. The van der Waals surface area contributed by atoms with Crippen LogP contribution in [0.3, 0.4) is 0 Å². The lowest BCUT2D eigenvalue weighted by atomic mass is 9.96. The molecule has 0 saturated heterocycles. The summed E-state index contributed by atoms with van der Waals surface area (Å²) in [5.41, 5.74) is 1.00. The van der Waals surface area contributed by atoms with E-state index < -0.39 is 0 Å². The quantitative estimate of drug-likeness (QED) is 0.606. The summed E-state index contributed by atoms with van der Waals surface area (Å²) < 4.78 is 0. The Morgan fingerprint density at radius 1 is 1.46 bits per heavy atom. The first kappa shape index (κ1) is 10.5. The molecule has 2 unspecified atom stereocenters. The van der Waals surface area contributed by atoms with Gasteiger partial charge in [-0.15, -0.1) is 0 Å². The molecule has 1 fully saturated rings. The smallest absolute Gasteiger partial charge is 0.139 e. The SMILES string of the molecule is C=C(C)CC(=O)C1CCC(CC)C1. The molecule has 0 amide bonds. The molecule has 0 aromatic carbocycles. The van der Waals surface area contributed by atoms with Gasteiger partial charge in [0.1, 0.15) is 5.78 Å². The van der Waals surface area contributed by atoms with Gasteiger partial charge in [0.2, 0.25) is 0 Å². The van der Waals surface area contributed by atoms with Gasteiger partial charge in [-0.25, -0.2) is 0 Å². The van der Waals surface area contributed by atoms with Crippen molar-refractivity contribution < 1.29 is 4.79 Å². The molecular formula is C12H20O. The Labute approximate surface area is 81.2 Å². The first-order valence-electron chi connectivity index (χ1n) is 5.30. The lowest BCUT2D eigenvalue weighted by Gasteiger charge is -2.08. The van der Waals surface area contributed by atoms with Crippen molar-refractivity contribution in [3.8, 4) is 0 Å². The highest BCUT2D eigenvalue weighted by Gasteiger charge is 2.28. The second kappa shape index (κ2) is 4.59. The van der Waals surface area contributed by atoms with Crippen LogP contribution in [0.4, 0.5) is 0 Å². The largest absolute Gasteiger partial charge is 0.299 e. The van der Waals surface area contributed by atoms with E-state index >= 15 is 0 Å². The predicted molar refractivity (Wildman–Crippen MR) is 55.6 cm³/mol. The first-order valence-corrected chi connectivity index (χ1v) is 5.30. The van der Waals surface area contributed by atoms with Gasteiger partial charge in [0.15, 0.2) is 0 Å². The van der Waals surface area contributed by atoms with Crippen molar-refractivity contribution in [1.29, 1.82) is 0 Å². The van der Waals surface area contributed by atoms with E-state index in [4.69, 9.17) is 0 Å². The second-order valence-corrected chi connectivity index (χ2v) is 4.38. The van der Waals surface area contributed by atoms with E-state index in [2.05, 4.69) is 13.5 Å². The van der Waals surface area contributed by atoms with Crippen molar-refractivity contribution in [2.75, 3.05) is 0 Å². The molecule has 0 aromatic rings. The Kier molecular flexibility index (Phi) is 3.71. The molecule has 0 spiro atoms. The zero-order chi connectivity index (χ0) is 9.84. The molecule has 1 heteroatoms. The third-order valence-electron chi connectivity index (χ3n) is 3.05. The minimum Gasteiger partial charge on any atom is -0.299 e. The average Bonchev–Trinajstić information content (AvgIpc) is 2.50. The number of allylic oxidation sites excluding steroid dienone is 1. The number of rotatable bonds is 4. The summed E-state index contributed by atoms with van der Waals surface area (Å²) in [5.74, 6) is 1.57. The number of ketones is 1. The summed E-state index contributed by atoms with van der Waals surface area (Å²) >= 11 is 0. The molecule has 0 bridgehead atoms. The Morgan fingerprint density at radius 2 is 2.15 bits per heavy atom. The summed E-state index contributed by atoms with van der Waals surface area (Å²) in [6, 6.07) is 0. The Balaban J connectivity index is 2.37. The number of hydrogen-bond acceptors (Lipinski definition) is 1. The van der Waals surface area contributed by atoms with Crippen molar-refractivity contribution in [2.24, 2.45) is 11.8 Å². The summed E-state index contributed by atoms with van der Waals surface area (Å²) in [7, 11) is 0. The zero-order valence-corrected chi connectivity index (χ0v) is 8.81. The van der Waals surface area contributed by atoms with Gasteiger partial charge in [0.25, 0.3) is 0 Å². The molecule has 1 nitrogen and oxygen atoms in total. The molecule has 1 aliphatic carbocycles. The standard InChI is InChI=1S/C12H20O/c1-4-10-5-6-11(8-10)12(13)7-9(2)3/h10-11H,2,4-8H2,1,3H3. The van der Waals surface area contributed by atoms with Gasteiger partial charge in [-0.2, -0.15) is 0 Å². The molecule has 0 aliphatic heterocycles. The Hall–Kier alpha value is -0.590. The minimum absolute atomic E-state index is 0.349. The number of hydrogen-bond donors (Lipinski definition) is 0. The topological polar surface area (TPSA) is 17.1 Å². The molecule has 2 atom stereocenters. The average molecular weight is 180 g/mol. The maximum absolute atomic E-state index is 11.7. The second-order valence-electron chi connectivity index (χ2n) is 4.38. The van der Waals surface area contributed by atoms with Crippen molar-refractivity contribution in [3.63, 3.8) is 0 Å². The molecule has 0 aromatic heterocycles. The number of Topliss-reactive ketones (excluding diaryl/α,β-unsaturated/α-hetero) is 1. The van der Waals surface area contributed by atoms with Crippen molar-refractivity contribution >= 4 is 5.78 Å². The van der Waals surface area contributed by atoms with Crippen molar-refractivity contribution in [3.05, 3.63) is 12.2 Å². The fourth-order valence-corrected chi connectivity index (χ4v) is 2.18. The fourth-order valence-electron chi connectivity index (χ4n) is 2.18. The van der Waals surface area contributed by atoms with E-state index in [0.717, 1.165) is 24.3 Å². The fraction of sp³-hybridized carbons (Fsp3) is 0.750. The third-order valence-corrected chi connectivity index (χ3v) is 3.05. The van der Waals surface area contributed by atoms with E-state index in [1.807, 2.05) is 6.92 Å². The normalized spacial score (nSPS) is 27.5. The molecule has 1 aliphatic rings. The maximum Gasteiger partial charge on any atom is 0.139 e. The van der Waals surface area contributed by atoms with E-state index in [0.29, 0.717) is 18.1 Å². The van der Waals surface area contributed by atoms with Crippen LogP contribution in [0.25, 0.3) is 0 Å². The van der Waals surface area contributed by atoms with E-state index in [1.54, 1.807) is 0 Å². The van der Waals surface area contributed by atoms with Gasteiger partial charge >= 0.3 is 0 Å². The summed E-state index contributed by atoms with van der Waals surface area (Å²) in [4.78, 5) is 11.7. The zero-order valence-electron chi connectivity index (χ0n) is 8.81. The van der Waals surface area contributed by atoms with Crippen molar-refractivity contribution in [2.45, 2.75) is 46.0 Å². The van der Waals surface area contributed by atoms with Crippen LogP contribution in [0.5, 0.6) is 0 Å². The van der Waals surface area contributed by atoms with E-state index in [-0.39, 0.29) is 0 Å². The highest BCUT2D eigenvalue weighted by atomic mass is 16.1. The molecule has 1 rings (SSSR count). The first-order chi connectivity index (χ1) is 6.13. The van der Waals surface area contributed by atoms with E-state index in [1.165, 1.54) is 12.8 Å². The minimum atomic E-state index is 0.349. The van der Waals surface area contributed by atoms with Crippen molar-refractivity contribution in [1.82, 2.24) is 0 Å². The van der Waals surface area contributed by atoms with Gasteiger partial charge < -0.3 is 0 Å². The van der Waals surface area contributed by atoms with Crippen LogP contribution in [0.2, 0.25) is 0 Å². The van der Waals surface area contributed by atoms with Crippen LogP contribution in [0.15, 0.2) is 12.2 Å². The van der Waals surface area contributed by atoms with Gasteiger partial charge in [0, 0.05) is 12.3 Å². The lowest BCUT2D eigenvalue weighted by molar-refractivity contribution is -0.122. The number of carbonyl (C=O) groups excluding carboxylic acids is 1. The van der Waals surface area contributed by atoms with Gasteiger partial charge in [-0.1, -0.05) is 25.5 Å². The Morgan fingerprint density at radius 3 is 2.62 bits per heavy atom. The summed E-state index contributed by atoms with van der Waals surface area (Å²) in [5, 5.41) is 0. The monoisotopic (exact) mass is 180 g/mol. The number of carbonyl (C=O) groups is 1. The third kappa shape index (κ3) is 2.98. The van der Waals surface area contributed by atoms with E-state index in [9.17, 15) is 4.79 Å². The molecule has 1 saturated carbocycles. The molecule has 74 valence electrons. The van der Waals surface area contributed by atoms with Crippen LogP contribution in [-0.4, -0.2) is 5.78 Å². The van der Waals surface area contributed by atoms with Crippen LogP contribution >= 0.6 is 0 Å². The van der Waals surface area contributed by atoms with Crippen LogP contribution < -0.4 is 0 Å². The maximum atomic E-state index is 11.7. The van der Waals surface area contributed by atoms with Gasteiger partial charge in [0.05, 0.1) is 0 Å². The predicted octanol–water partition coefficient (Wildman–Crippen LogP) is 3.35.